The lowest BCUT2D eigenvalue weighted by molar-refractivity contribution is 0.139. The predicted octanol–water partition coefficient (Wildman–Crippen LogP) is 3.23. The molecule has 0 aromatic heterocycles. The van der Waals surface area contributed by atoms with Crippen LogP contribution in [0.2, 0.25) is 0 Å². The summed E-state index contributed by atoms with van der Waals surface area (Å²) in [4.78, 5) is 2.33. The molecule has 3 heteroatoms. The van der Waals surface area contributed by atoms with Crippen LogP contribution in [0.15, 0.2) is 24.3 Å². The molecule has 1 atom stereocenters. The fourth-order valence-corrected chi connectivity index (χ4v) is 2.05. The lowest BCUT2D eigenvalue weighted by Gasteiger charge is -2.23. The van der Waals surface area contributed by atoms with Gasteiger partial charge in [-0.2, -0.15) is 0 Å². The van der Waals surface area contributed by atoms with Crippen LogP contribution in [0.4, 0.5) is 4.39 Å². The Morgan fingerprint density at radius 1 is 1.22 bits per heavy atom. The monoisotopic (exact) mass is 253 g/mol. The molecule has 2 nitrogen and oxygen atoms in total. The summed E-state index contributed by atoms with van der Waals surface area (Å²) in [6.07, 6.45) is 0.179. The van der Waals surface area contributed by atoms with Crippen molar-refractivity contribution in [3.8, 4) is 0 Å². The standard InChI is InChI=1S/C15H24FNO/c1-4-17(11-12(2)3)10-9-15(18)13-5-7-14(16)8-6-13/h5-8,12,15,18H,4,9-11H2,1-3H3. The average molecular weight is 253 g/mol. The number of aliphatic hydroxyl groups excluding tert-OH is 1. The first-order valence-corrected chi connectivity index (χ1v) is 6.68. The molecule has 1 unspecified atom stereocenters. The molecule has 0 amide bonds. The Bertz CT molecular complexity index is 337. The average Bonchev–Trinajstić information content (AvgIpc) is 2.34. The predicted molar refractivity (Wildman–Crippen MR) is 72.9 cm³/mol. The van der Waals surface area contributed by atoms with E-state index in [1.165, 1.54) is 12.1 Å². The van der Waals surface area contributed by atoms with Crippen molar-refractivity contribution in [1.82, 2.24) is 4.90 Å². The van der Waals surface area contributed by atoms with Crippen LogP contribution < -0.4 is 0 Å². The maximum Gasteiger partial charge on any atom is 0.123 e. The second-order valence-corrected chi connectivity index (χ2v) is 5.14. The molecule has 0 saturated heterocycles. The molecule has 0 heterocycles. The highest BCUT2D eigenvalue weighted by Crippen LogP contribution is 2.17. The van der Waals surface area contributed by atoms with Gasteiger partial charge in [0.25, 0.3) is 0 Å². The van der Waals surface area contributed by atoms with Crippen molar-refractivity contribution in [2.45, 2.75) is 33.3 Å². The third kappa shape index (κ3) is 5.15. The zero-order valence-electron chi connectivity index (χ0n) is 11.6. The molecule has 102 valence electrons. The molecule has 18 heavy (non-hydrogen) atoms. The minimum absolute atomic E-state index is 0.263. The highest BCUT2D eigenvalue weighted by molar-refractivity contribution is 5.18. The van der Waals surface area contributed by atoms with E-state index >= 15 is 0 Å². The Hall–Kier alpha value is -0.930. The van der Waals surface area contributed by atoms with Crippen LogP contribution in [0, 0.1) is 11.7 Å². The van der Waals surface area contributed by atoms with Gasteiger partial charge in [0.05, 0.1) is 6.10 Å². The summed E-state index contributed by atoms with van der Waals surface area (Å²) in [5, 5.41) is 10.0. The van der Waals surface area contributed by atoms with Crippen LogP contribution in [0.3, 0.4) is 0 Å². The van der Waals surface area contributed by atoms with Gasteiger partial charge in [-0.05, 0) is 36.6 Å². The second-order valence-electron chi connectivity index (χ2n) is 5.14. The van der Waals surface area contributed by atoms with Gasteiger partial charge in [0, 0.05) is 13.1 Å². The lowest BCUT2D eigenvalue weighted by atomic mass is 10.1. The zero-order valence-corrected chi connectivity index (χ0v) is 11.6. The number of hydrogen-bond donors (Lipinski definition) is 1. The third-order valence-electron chi connectivity index (χ3n) is 3.04. The van der Waals surface area contributed by atoms with Crippen molar-refractivity contribution >= 4 is 0 Å². The van der Waals surface area contributed by atoms with E-state index in [1.54, 1.807) is 12.1 Å². The van der Waals surface area contributed by atoms with Crippen LogP contribution in [-0.2, 0) is 0 Å². The SMILES string of the molecule is CCN(CCC(O)c1ccc(F)cc1)CC(C)C. The van der Waals surface area contributed by atoms with E-state index in [9.17, 15) is 9.50 Å². The van der Waals surface area contributed by atoms with E-state index in [4.69, 9.17) is 0 Å². The highest BCUT2D eigenvalue weighted by Gasteiger charge is 2.11. The van der Waals surface area contributed by atoms with Crippen molar-refractivity contribution in [3.05, 3.63) is 35.6 Å². The van der Waals surface area contributed by atoms with Gasteiger partial charge in [-0.1, -0.05) is 32.9 Å². The summed E-state index contributed by atoms with van der Waals surface area (Å²) in [6.45, 7) is 9.43. The first-order valence-electron chi connectivity index (χ1n) is 6.68. The first kappa shape index (κ1) is 15.1. The van der Waals surface area contributed by atoms with Gasteiger partial charge in [-0.25, -0.2) is 4.39 Å². The Kier molecular flexibility index (Phi) is 6.30. The van der Waals surface area contributed by atoms with Gasteiger partial charge in [-0.15, -0.1) is 0 Å². The highest BCUT2D eigenvalue weighted by atomic mass is 19.1. The molecule has 0 fully saturated rings. The quantitative estimate of drug-likeness (QED) is 0.806. The molecular weight excluding hydrogens is 229 g/mol. The molecule has 0 radical (unpaired) electrons. The minimum Gasteiger partial charge on any atom is -0.388 e. The van der Waals surface area contributed by atoms with Gasteiger partial charge in [0.2, 0.25) is 0 Å². The zero-order chi connectivity index (χ0) is 13.5. The van der Waals surface area contributed by atoms with E-state index in [1.807, 2.05) is 0 Å². The second kappa shape index (κ2) is 7.49. The number of rotatable bonds is 7. The van der Waals surface area contributed by atoms with Crippen LogP contribution in [-0.4, -0.2) is 29.6 Å². The molecule has 0 saturated carbocycles. The molecule has 0 aliphatic heterocycles. The molecule has 0 aliphatic carbocycles. The molecule has 0 spiro atoms. The van der Waals surface area contributed by atoms with Crippen molar-refractivity contribution in [3.63, 3.8) is 0 Å². The van der Waals surface area contributed by atoms with Gasteiger partial charge in [-0.3, -0.25) is 0 Å². The molecule has 1 aromatic carbocycles. The summed E-state index contributed by atoms with van der Waals surface area (Å²) in [5.41, 5.74) is 0.789. The van der Waals surface area contributed by atoms with Gasteiger partial charge < -0.3 is 10.0 Å². The fraction of sp³-hybridized carbons (Fsp3) is 0.600. The number of benzene rings is 1. The summed E-state index contributed by atoms with van der Waals surface area (Å²) >= 11 is 0. The molecule has 1 aromatic rings. The van der Waals surface area contributed by atoms with Crippen LogP contribution >= 0.6 is 0 Å². The molecule has 1 rings (SSSR count). The summed E-state index contributed by atoms with van der Waals surface area (Å²) < 4.78 is 12.8. The topological polar surface area (TPSA) is 23.5 Å². The van der Waals surface area contributed by atoms with E-state index in [2.05, 4.69) is 25.7 Å². The number of halogens is 1. The maximum absolute atomic E-state index is 12.8. The number of aliphatic hydroxyl groups is 1. The largest absolute Gasteiger partial charge is 0.388 e. The molecule has 0 aliphatic rings. The van der Waals surface area contributed by atoms with E-state index in [0.717, 1.165) is 25.2 Å². The van der Waals surface area contributed by atoms with Crippen molar-refractivity contribution in [1.29, 1.82) is 0 Å². The Morgan fingerprint density at radius 3 is 2.33 bits per heavy atom. The summed E-state index contributed by atoms with van der Waals surface area (Å²) in [6, 6.07) is 6.09. The van der Waals surface area contributed by atoms with E-state index in [-0.39, 0.29) is 5.82 Å². The molecule has 0 bridgehead atoms. The maximum atomic E-state index is 12.8. The summed E-state index contributed by atoms with van der Waals surface area (Å²) in [5.74, 6) is 0.369. The van der Waals surface area contributed by atoms with Crippen molar-refractivity contribution in [2.24, 2.45) is 5.92 Å². The molecule has 1 N–H and O–H groups in total. The van der Waals surface area contributed by atoms with E-state index in [0.29, 0.717) is 12.3 Å². The summed E-state index contributed by atoms with van der Waals surface area (Å²) in [7, 11) is 0. The van der Waals surface area contributed by atoms with Crippen LogP contribution in [0.5, 0.6) is 0 Å². The number of hydrogen-bond acceptors (Lipinski definition) is 2. The lowest BCUT2D eigenvalue weighted by Crippen LogP contribution is -2.29. The smallest absolute Gasteiger partial charge is 0.123 e. The third-order valence-corrected chi connectivity index (χ3v) is 3.04. The van der Waals surface area contributed by atoms with Crippen LogP contribution in [0.1, 0.15) is 38.9 Å². The normalized spacial score (nSPS) is 13.3. The van der Waals surface area contributed by atoms with Crippen LogP contribution in [0.25, 0.3) is 0 Å². The van der Waals surface area contributed by atoms with Crippen molar-refractivity contribution in [2.75, 3.05) is 19.6 Å². The number of nitrogens with zero attached hydrogens (tertiary/aromatic N) is 1. The van der Waals surface area contributed by atoms with Crippen molar-refractivity contribution < 1.29 is 9.50 Å². The van der Waals surface area contributed by atoms with E-state index < -0.39 is 6.10 Å². The molecular formula is C15H24FNO. The van der Waals surface area contributed by atoms with Gasteiger partial charge in [0.15, 0.2) is 0 Å². The Morgan fingerprint density at radius 2 is 1.83 bits per heavy atom. The first-order chi connectivity index (χ1) is 8.52. The Balaban J connectivity index is 2.44. The minimum atomic E-state index is -0.508. The van der Waals surface area contributed by atoms with Gasteiger partial charge >= 0.3 is 0 Å². The fourth-order valence-electron chi connectivity index (χ4n) is 2.05. The van der Waals surface area contributed by atoms with Gasteiger partial charge in [0.1, 0.15) is 5.82 Å². The Labute approximate surface area is 109 Å².